The molecule has 1 atom stereocenters. The van der Waals surface area contributed by atoms with Crippen LogP contribution in [-0.4, -0.2) is 41.6 Å². The smallest absolute Gasteiger partial charge is 0.251 e. The van der Waals surface area contributed by atoms with Gasteiger partial charge in [-0.3, -0.25) is 4.79 Å². The van der Waals surface area contributed by atoms with Crippen molar-refractivity contribution in [1.29, 1.82) is 0 Å². The lowest BCUT2D eigenvalue weighted by atomic mass is 10.0. The van der Waals surface area contributed by atoms with Gasteiger partial charge in [0.2, 0.25) is 0 Å². The van der Waals surface area contributed by atoms with Crippen molar-refractivity contribution in [3.8, 4) is 5.75 Å². The SMILES string of the molecule is CCCN1CCC[C@H](NC(=O)c2ccc(F)c(O)c2)C1. The first kappa shape index (κ1) is 14.8. The molecule has 110 valence electrons. The van der Waals surface area contributed by atoms with E-state index < -0.39 is 11.6 Å². The van der Waals surface area contributed by atoms with E-state index in [0.717, 1.165) is 51.0 Å². The third kappa shape index (κ3) is 3.70. The predicted molar refractivity (Wildman–Crippen MR) is 75.3 cm³/mol. The first-order chi connectivity index (χ1) is 9.60. The van der Waals surface area contributed by atoms with Crippen molar-refractivity contribution >= 4 is 5.91 Å². The van der Waals surface area contributed by atoms with Crippen LogP contribution in [-0.2, 0) is 0 Å². The van der Waals surface area contributed by atoms with E-state index in [1.165, 1.54) is 6.07 Å². The number of phenols is 1. The van der Waals surface area contributed by atoms with Crippen molar-refractivity contribution in [3.05, 3.63) is 29.6 Å². The molecule has 1 fully saturated rings. The summed E-state index contributed by atoms with van der Waals surface area (Å²) in [6.07, 6.45) is 3.13. The topological polar surface area (TPSA) is 52.6 Å². The third-order valence-corrected chi connectivity index (χ3v) is 3.59. The van der Waals surface area contributed by atoms with E-state index in [1.807, 2.05) is 0 Å². The maximum Gasteiger partial charge on any atom is 0.251 e. The lowest BCUT2D eigenvalue weighted by Crippen LogP contribution is -2.47. The molecule has 0 aromatic heterocycles. The molecular formula is C15H21FN2O2. The van der Waals surface area contributed by atoms with Crippen LogP contribution < -0.4 is 5.32 Å². The minimum atomic E-state index is -0.715. The Morgan fingerprint density at radius 2 is 2.35 bits per heavy atom. The second kappa shape index (κ2) is 6.70. The van der Waals surface area contributed by atoms with E-state index in [9.17, 15) is 14.3 Å². The number of rotatable bonds is 4. The van der Waals surface area contributed by atoms with Gasteiger partial charge in [0.25, 0.3) is 5.91 Å². The number of likely N-dealkylation sites (tertiary alicyclic amines) is 1. The van der Waals surface area contributed by atoms with E-state index in [4.69, 9.17) is 0 Å². The van der Waals surface area contributed by atoms with Crippen LogP contribution in [0.15, 0.2) is 18.2 Å². The number of carbonyl (C=O) groups excluding carboxylic acids is 1. The van der Waals surface area contributed by atoms with Gasteiger partial charge in [-0.1, -0.05) is 6.92 Å². The standard InChI is InChI=1S/C15H21FN2O2/c1-2-7-18-8-3-4-12(10-18)17-15(20)11-5-6-13(16)14(19)9-11/h5-6,9,12,19H,2-4,7-8,10H2,1H3,(H,17,20)/t12-/m0/s1. The van der Waals surface area contributed by atoms with Crippen molar-refractivity contribution in [2.45, 2.75) is 32.2 Å². The number of piperidine rings is 1. The first-order valence-electron chi connectivity index (χ1n) is 7.12. The second-order valence-electron chi connectivity index (χ2n) is 5.28. The minimum Gasteiger partial charge on any atom is -0.505 e. The molecule has 1 saturated heterocycles. The highest BCUT2D eigenvalue weighted by atomic mass is 19.1. The number of carbonyl (C=O) groups is 1. The summed E-state index contributed by atoms with van der Waals surface area (Å²) in [4.78, 5) is 14.4. The molecule has 0 radical (unpaired) electrons. The molecule has 5 heteroatoms. The van der Waals surface area contributed by atoms with E-state index in [1.54, 1.807) is 0 Å². The largest absolute Gasteiger partial charge is 0.505 e. The van der Waals surface area contributed by atoms with Crippen molar-refractivity contribution < 1.29 is 14.3 Å². The van der Waals surface area contributed by atoms with Gasteiger partial charge in [0.05, 0.1) is 0 Å². The number of phenolic OH excluding ortho intramolecular Hbond substituents is 1. The van der Waals surface area contributed by atoms with Gasteiger partial charge in [-0.2, -0.15) is 0 Å². The highest BCUT2D eigenvalue weighted by Gasteiger charge is 2.21. The molecule has 2 rings (SSSR count). The Morgan fingerprint density at radius 1 is 1.55 bits per heavy atom. The summed E-state index contributed by atoms with van der Waals surface area (Å²) in [6.45, 7) is 5.12. The monoisotopic (exact) mass is 280 g/mol. The van der Waals surface area contributed by atoms with Gasteiger partial charge in [0.15, 0.2) is 11.6 Å². The Hall–Kier alpha value is -1.62. The average Bonchev–Trinajstić information content (AvgIpc) is 2.42. The van der Waals surface area contributed by atoms with Gasteiger partial charge in [-0.05, 0) is 50.6 Å². The van der Waals surface area contributed by atoms with Crippen molar-refractivity contribution in [1.82, 2.24) is 10.2 Å². The van der Waals surface area contributed by atoms with Gasteiger partial charge in [-0.25, -0.2) is 4.39 Å². The number of nitrogens with zero attached hydrogens (tertiary/aromatic N) is 1. The maximum atomic E-state index is 13.0. The summed E-state index contributed by atoms with van der Waals surface area (Å²) in [5.41, 5.74) is 0.288. The van der Waals surface area contributed by atoms with Crippen LogP contribution in [0.25, 0.3) is 0 Å². The van der Waals surface area contributed by atoms with Gasteiger partial charge in [0.1, 0.15) is 0 Å². The van der Waals surface area contributed by atoms with E-state index in [-0.39, 0.29) is 17.5 Å². The van der Waals surface area contributed by atoms with Crippen LogP contribution in [0.1, 0.15) is 36.5 Å². The number of benzene rings is 1. The average molecular weight is 280 g/mol. The molecule has 0 saturated carbocycles. The summed E-state index contributed by atoms with van der Waals surface area (Å²) in [5, 5.41) is 12.3. The Kier molecular flexibility index (Phi) is 4.95. The second-order valence-corrected chi connectivity index (χ2v) is 5.28. The lowest BCUT2D eigenvalue weighted by Gasteiger charge is -2.32. The summed E-state index contributed by atoms with van der Waals surface area (Å²) >= 11 is 0. The first-order valence-corrected chi connectivity index (χ1v) is 7.12. The molecule has 1 aromatic carbocycles. The van der Waals surface area contributed by atoms with Crippen LogP contribution in [0.2, 0.25) is 0 Å². The molecule has 4 nitrogen and oxygen atoms in total. The number of aromatic hydroxyl groups is 1. The summed E-state index contributed by atoms with van der Waals surface area (Å²) in [6, 6.07) is 3.78. The van der Waals surface area contributed by atoms with Gasteiger partial charge >= 0.3 is 0 Å². The quantitative estimate of drug-likeness (QED) is 0.888. The zero-order valence-corrected chi connectivity index (χ0v) is 11.7. The van der Waals surface area contributed by atoms with E-state index >= 15 is 0 Å². The van der Waals surface area contributed by atoms with Crippen LogP contribution in [0.3, 0.4) is 0 Å². The predicted octanol–water partition coefficient (Wildman–Crippen LogP) is 2.14. The number of amides is 1. The summed E-state index contributed by atoms with van der Waals surface area (Å²) < 4.78 is 13.0. The number of hydrogen-bond donors (Lipinski definition) is 2. The highest BCUT2D eigenvalue weighted by Crippen LogP contribution is 2.17. The summed E-state index contributed by atoms with van der Waals surface area (Å²) in [7, 11) is 0. The molecule has 0 aliphatic carbocycles. The van der Waals surface area contributed by atoms with Crippen molar-refractivity contribution in [3.63, 3.8) is 0 Å². The summed E-state index contributed by atoms with van der Waals surface area (Å²) in [5.74, 6) is -1.47. The van der Waals surface area contributed by atoms with Crippen LogP contribution in [0, 0.1) is 5.82 Å². The van der Waals surface area contributed by atoms with Gasteiger partial charge in [-0.15, -0.1) is 0 Å². The number of halogens is 1. The molecule has 1 heterocycles. The molecule has 0 unspecified atom stereocenters. The fraction of sp³-hybridized carbons (Fsp3) is 0.533. The van der Waals surface area contributed by atoms with Crippen LogP contribution in [0.5, 0.6) is 5.75 Å². The maximum absolute atomic E-state index is 13.0. The Balaban J connectivity index is 1.95. The van der Waals surface area contributed by atoms with Crippen molar-refractivity contribution in [2.75, 3.05) is 19.6 Å². The third-order valence-electron chi connectivity index (χ3n) is 3.59. The molecule has 1 aliphatic heterocycles. The Labute approximate surface area is 118 Å². The molecule has 1 aliphatic rings. The normalized spacial score (nSPS) is 19.8. The molecule has 20 heavy (non-hydrogen) atoms. The van der Waals surface area contributed by atoms with E-state index in [0.29, 0.717) is 0 Å². The highest BCUT2D eigenvalue weighted by molar-refractivity contribution is 5.94. The lowest BCUT2D eigenvalue weighted by molar-refractivity contribution is 0.0903. The molecule has 0 bridgehead atoms. The van der Waals surface area contributed by atoms with Crippen LogP contribution in [0.4, 0.5) is 4.39 Å². The number of hydrogen-bond acceptors (Lipinski definition) is 3. The number of nitrogens with one attached hydrogen (secondary N) is 1. The van der Waals surface area contributed by atoms with E-state index in [2.05, 4.69) is 17.1 Å². The van der Waals surface area contributed by atoms with Crippen molar-refractivity contribution in [2.24, 2.45) is 0 Å². The van der Waals surface area contributed by atoms with Gasteiger partial charge < -0.3 is 15.3 Å². The molecule has 0 spiro atoms. The molecule has 2 N–H and O–H groups in total. The molecule has 1 aromatic rings. The fourth-order valence-corrected chi connectivity index (χ4v) is 2.62. The zero-order valence-electron chi connectivity index (χ0n) is 11.7. The zero-order chi connectivity index (χ0) is 14.5. The minimum absolute atomic E-state index is 0.120. The Morgan fingerprint density at radius 3 is 3.05 bits per heavy atom. The molecule has 1 amide bonds. The Bertz CT molecular complexity index is 477. The van der Waals surface area contributed by atoms with Gasteiger partial charge in [0, 0.05) is 18.2 Å². The fourth-order valence-electron chi connectivity index (χ4n) is 2.62. The van der Waals surface area contributed by atoms with Crippen LogP contribution >= 0.6 is 0 Å². The molecular weight excluding hydrogens is 259 g/mol.